The van der Waals surface area contributed by atoms with E-state index in [-0.39, 0.29) is 5.96 Å². The Labute approximate surface area is 93.5 Å². The Balaban J connectivity index is 3.13. The van der Waals surface area contributed by atoms with Crippen LogP contribution in [0.25, 0.3) is 0 Å². The number of hydrogen-bond donors (Lipinski definition) is 3. The monoisotopic (exact) mass is 305 g/mol. The highest BCUT2D eigenvalue weighted by Gasteiger charge is 2.05. The van der Waals surface area contributed by atoms with E-state index in [0.717, 1.165) is 20.2 Å². The molecule has 0 aromatic heterocycles. The van der Waals surface area contributed by atoms with Crippen LogP contribution in [0.15, 0.2) is 21.1 Å². The van der Waals surface area contributed by atoms with Crippen LogP contribution < -0.4 is 11.1 Å². The predicted molar refractivity (Wildman–Crippen MR) is 62.1 cm³/mol. The Bertz CT molecular complexity index is 326. The van der Waals surface area contributed by atoms with E-state index in [2.05, 4.69) is 37.2 Å². The minimum Gasteiger partial charge on any atom is -0.370 e. The molecule has 0 aliphatic carbocycles. The summed E-state index contributed by atoms with van der Waals surface area (Å²) < 4.78 is 1.77. The molecule has 0 aliphatic rings. The molecule has 4 N–H and O–H groups in total. The number of anilines is 1. The van der Waals surface area contributed by atoms with Crippen molar-refractivity contribution >= 4 is 43.5 Å². The first-order valence-corrected chi connectivity index (χ1v) is 5.16. The highest BCUT2D eigenvalue weighted by molar-refractivity contribution is 9.11. The Kier molecular flexibility index (Phi) is 3.33. The van der Waals surface area contributed by atoms with Crippen LogP contribution in [0, 0.1) is 12.3 Å². The van der Waals surface area contributed by atoms with Crippen LogP contribution in [-0.2, 0) is 0 Å². The Morgan fingerprint density at radius 1 is 1.38 bits per heavy atom. The lowest BCUT2D eigenvalue weighted by Crippen LogP contribution is -2.21. The molecule has 0 unspecified atom stereocenters. The van der Waals surface area contributed by atoms with Crippen LogP contribution in [0.4, 0.5) is 5.69 Å². The number of benzene rings is 1. The van der Waals surface area contributed by atoms with Gasteiger partial charge in [0.2, 0.25) is 0 Å². The van der Waals surface area contributed by atoms with Gasteiger partial charge in [0, 0.05) is 8.95 Å². The molecule has 1 aromatic carbocycles. The topological polar surface area (TPSA) is 61.9 Å². The summed E-state index contributed by atoms with van der Waals surface area (Å²) in [5.41, 5.74) is 7.14. The van der Waals surface area contributed by atoms with Gasteiger partial charge in [-0.1, -0.05) is 0 Å². The fourth-order valence-electron chi connectivity index (χ4n) is 0.954. The van der Waals surface area contributed by atoms with E-state index in [9.17, 15) is 0 Å². The molecule has 13 heavy (non-hydrogen) atoms. The van der Waals surface area contributed by atoms with Gasteiger partial charge in [0.15, 0.2) is 5.96 Å². The van der Waals surface area contributed by atoms with Gasteiger partial charge in [0.1, 0.15) is 0 Å². The van der Waals surface area contributed by atoms with Crippen LogP contribution >= 0.6 is 31.9 Å². The average Bonchev–Trinajstić information content (AvgIpc) is 1.96. The first kappa shape index (κ1) is 10.5. The number of rotatable bonds is 1. The van der Waals surface area contributed by atoms with E-state index in [4.69, 9.17) is 11.1 Å². The standard InChI is InChI=1S/C8H9Br2N3/c1-4-2-5(9)7(6(10)3-4)13-8(11)12/h2-3H,1H3,(H4,11,12,13). The minimum atomic E-state index is -0.0785. The lowest BCUT2D eigenvalue weighted by atomic mass is 10.2. The van der Waals surface area contributed by atoms with Gasteiger partial charge < -0.3 is 11.1 Å². The maximum Gasteiger partial charge on any atom is 0.190 e. The average molecular weight is 307 g/mol. The van der Waals surface area contributed by atoms with Gasteiger partial charge in [-0.15, -0.1) is 0 Å². The maximum absolute atomic E-state index is 7.10. The second-order valence-electron chi connectivity index (χ2n) is 2.64. The van der Waals surface area contributed by atoms with E-state index in [0.29, 0.717) is 0 Å². The molecule has 0 aliphatic heterocycles. The molecule has 0 amide bonds. The molecule has 0 saturated carbocycles. The molecular formula is C8H9Br2N3. The van der Waals surface area contributed by atoms with E-state index < -0.39 is 0 Å². The summed E-state index contributed by atoms with van der Waals surface area (Å²) >= 11 is 6.76. The van der Waals surface area contributed by atoms with Crippen molar-refractivity contribution in [2.45, 2.75) is 6.92 Å². The molecule has 5 heteroatoms. The molecular weight excluding hydrogens is 298 g/mol. The molecule has 0 radical (unpaired) electrons. The van der Waals surface area contributed by atoms with Crippen molar-refractivity contribution in [3.05, 3.63) is 26.6 Å². The van der Waals surface area contributed by atoms with E-state index in [1.54, 1.807) is 0 Å². The molecule has 70 valence electrons. The Morgan fingerprint density at radius 3 is 2.23 bits per heavy atom. The lowest BCUT2D eigenvalue weighted by molar-refractivity contribution is 1.37. The molecule has 0 atom stereocenters. The quantitative estimate of drug-likeness (QED) is 0.552. The zero-order chi connectivity index (χ0) is 10.0. The molecule has 1 rings (SSSR count). The van der Waals surface area contributed by atoms with Crippen LogP contribution in [0.2, 0.25) is 0 Å². The third-order valence-corrected chi connectivity index (χ3v) is 2.70. The van der Waals surface area contributed by atoms with Crippen molar-refractivity contribution in [1.29, 1.82) is 5.41 Å². The van der Waals surface area contributed by atoms with Crippen LogP contribution in [0.1, 0.15) is 5.56 Å². The van der Waals surface area contributed by atoms with Gasteiger partial charge in [0.05, 0.1) is 5.69 Å². The van der Waals surface area contributed by atoms with Crippen molar-refractivity contribution in [3.63, 3.8) is 0 Å². The fraction of sp³-hybridized carbons (Fsp3) is 0.125. The van der Waals surface area contributed by atoms with Gasteiger partial charge >= 0.3 is 0 Å². The van der Waals surface area contributed by atoms with E-state index in [1.807, 2.05) is 19.1 Å². The van der Waals surface area contributed by atoms with Gasteiger partial charge in [-0.05, 0) is 56.5 Å². The third-order valence-electron chi connectivity index (χ3n) is 1.45. The smallest absolute Gasteiger partial charge is 0.190 e. The molecule has 3 nitrogen and oxygen atoms in total. The summed E-state index contributed by atoms with van der Waals surface area (Å²) in [6.07, 6.45) is 0. The summed E-state index contributed by atoms with van der Waals surface area (Å²) in [5, 5.41) is 9.84. The largest absolute Gasteiger partial charge is 0.370 e. The lowest BCUT2D eigenvalue weighted by Gasteiger charge is -2.09. The van der Waals surface area contributed by atoms with Crippen molar-refractivity contribution in [1.82, 2.24) is 0 Å². The highest BCUT2D eigenvalue weighted by Crippen LogP contribution is 2.31. The van der Waals surface area contributed by atoms with Crippen LogP contribution in [0.5, 0.6) is 0 Å². The summed E-state index contributed by atoms with van der Waals surface area (Å²) in [5.74, 6) is -0.0785. The zero-order valence-electron chi connectivity index (χ0n) is 6.99. The minimum absolute atomic E-state index is 0.0785. The summed E-state index contributed by atoms with van der Waals surface area (Å²) in [7, 11) is 0. The SMILES string of the molecule is Cc1cc(Br)c(NC(=N)N)c(Br)c1. The highest BCUT2D eigenvalue weighted by atomic mass is 79.9. The molecule has 0 spiro atoms. The molecule has 1 aromatic rings. The summed E-state index contributed by atoms with van der Waals surface area (Å²) in [4.78, 5) is 0. The number of halogens is 2. The predicted octanol–water partition coefficient (Wildman–Crippen LogP) is 2.83. The molecule has 0 bridgehead atoms. The van der Waals surface area contributed by atoms with Crippen molar-refractivity contribution < 1.29 is 0 Å². The van der Waals surface area contributed by atoms with Crippen molar-refractivity contribution in [2.75, 3.05) is 5.32 Å². The van der Waals surface area contributed by atoms with Crippen molar-refractivity contribution in [3.8, 4) is 0 Å². The Morgan fingerprint density at radius 2 is 1.85 bits per heavy atom. The maximum atomic E-state index is 7.10. The molecule has 0 fully saturated rings. The Hall–Kier alpha value is -0.550. The molecule has 0 saturated heterocycles. The van der Waals surface area contributed by atoms with E-state index in [1.165, 1.54) is 0 Å². The van der Waals surface area contributed by atoms with Gasteiger partial charge in [-0.3, -0.25) is 5.41 Å². The van der Waals surface area contributed by atoms with Gasteiger partial charge in [-0.25, -0.2) is 0 Å². The second-order valence-corrected chi connectivity index (χ2v) is 4.35. The molecule has 0 heterocycles. The first-order valence-electron chi connectivity index (χ1n) is 3.57. The van der Waals surface area contributed by atoms with Crippen molar-refractivity contribution in [2.24, 2.45) is 5.73 Å². The number of nitrogens with two attached hydrogens (primary N) is 1. The third kappa shape index (κ3) is 2.70. The number of hydrogen-bond acceptors (Lipinski definition) is 1. The van der Waals surface area contributed by atoms with E-state index >= 15 is 0 Å². The van der Waals surface area contributed by atoms with Crippen LogP contribution in [0.3, 0.4) is 0 Å². The fourth-order valence-corrected chi connectivity index (χ4v) is 2.57. The van der Waals surface area contributed by atoms with Gasteiger partial charge in [-0.2, -0.15) is 0 Å². The second kappa shape index (κ2) is 4.11. The summed E-state index contributed by atoms with van der Waals surface area (Å²) in [6.45, 7) is 1.99. The number of aryl methyl sites for hydroxylation is 1. The first-order chi connectivity index (χ1) is 6.00. The van der Waals surface area contributed by atoms with Crippen LogP contribution in [-0.4, -0.2) is 5.96 Å². The zero-order valence-corrected chi connectivity index (χ0v) is 10.2. The number of nitrogens with one attached hydrogen (secondary N) is 2. The van der Waals surface area contributed by atoms with Gasteiger partial charge in [0.25, 0.3) is 0 Å². The summed E-state index contributed by atoms with van der Waals surface area (Å²) in [6, 6.07) is 3.91. The number of guanidine groups is 1. The normalized spacial score (nSPS) is 9.77.